The summed E-state index contributed by atoms with van der Waals surface area (Å²) in [5.74, 6) is -0.107. The summed E-state index contributed by atoms with van der Waals surface area (Å²) >= 11 is 0. The Hall–Kier alpha value is -0.780. The van der Waals surface area contributed by atoms with Gasteiger partial charge in [0, 0.05) is 19.0 Å². The molecular formula is C13H21F3N2O. The van der Waals surface area contributed by atoms with Crippen LogP contribution >= 0.6 is 0 Å². The molecule has 0 aromatic rings. The number of carbonyl (C=O) groups excluding carboxylic acids is 1. The Morgan fingerprint density at radius 1 is 1.16 bits per heavy atom. The topological polar surface area (TPSA) is 46.3 Å². The summed E-state index contributed by atoms with van der Waals surface area (Å²) in [6.07, 6.45) is 0.258. The van der Waals surface area contributed by atoms with Crippen LogP contribution < -0.4 is 5.73 Å². The maximum atomic E-state index is 13.0. The SMILES string of the molecule is NC1CCC(C(F)(F)F)N(C(=O)CC2CCCC2)C1. The minimum Gasteiger partial charge on any atom is -0.329 e. The molecule has 1 aliphatic heterocycles. The van der Waals surface area contributed by atoms with Crippen LogP contribution in [0.1, 0.15) is 44.9 Å². The number of carbonyl (C=O) groups is 1. The van der Waals surface area contributed by atoms with Crippen molar-refractivity contribution in [2.24, 2.45) is 11.7 Å². The fourth-order valence-corrected chi connectivity index (χ4v) is 3.19. The van der Waals surface area contributed by atoms with Crippen LogP contribution in [0.25, 0.3) is 0 Å². The first kappa shape index (κ1) is 14.6. The van der Waals surface area contributed by atoms with E-state index in [1.807, 2.05) is 0 Å². The monoisotopic (exact) mass is 278 g/mol. The Labute approximate surface area is 111 Å². The van der Waals surface area contributed by atoms with E-state index in [4.69, 9.17) is 5.73 Å². The normalized spacial score (nSPS) is 29.8. The molecule has 0 radical (unpaired) electrons. The van der Waals surface area contributed by atoms with E-state index in [9.17, 15) is 18.0 Å². The van der Waals surface area contributed by atoms with E-state index in [0.29, 0.717) is 6.42 Å². The van der Waals surface area contributed by atoms with E-state index in [1.54, 1.807) is 0 Å². The predicted octanol–water partition coefficient (Wildman–Crippen LogP) is 2.45. The second-order valence-electron chi connectivity index (χ2n) is 5.80. The number of nitrogens with two attached hydrogens (primary N) is 1. The van der Waals surface area contributed by atoms with Gasteiger partial charge < -0.3 is 10.6 Å². The molecule has 2 fully saturated rings. The van der Waals surface area contributed by atoms with Crippen LogP contribution in [-0.4, -0.2) is 35.6 Å². The molecule has 19 heavy (non-hydrogen) atoms. The Kier molecular flexibility index (Phi) is 4.38. The van der Waals surface area contributed by atoms with Crippen LogP contribution in [0.15, 0.2) is 0 Å². The van der Waals surface area contributed by atoms with Crippen LogP contribution in [0.5, 0.6) is 0 Å². The molecule has 3 nitrogen and oxygen atoms in total. The van der Waals surface area contributed by atoms with Crippen LogP contribution in [0.2, 0.25) is 0 Å². The number of rotatable bonds is 2. The van der Waals surface area contributed by atoms with Crippen LogP contribution in [0.4, 0.5) is 13.2 Å². The van der Waals surface area contributed by atoms with Gasteiger partial charge in [0.25, 0.3) is 0 Å². The third-order valence-electron chi connectivity index (χ3n) is 4.25. The van der Waals surface area contributed by atoms with Crippen molar-refractivity contribution in [3.63, 3.8) is 0 Å². The number of likely N-dealkylation sites (tertiary alicyclic amines) is 1. The molecule has 1 saturated heterocycles. The lowest BCUT2D eigenvalue weighted by atomic mass is 9.96. The van der Waals surface area contributed by atoms with Crippen molar-refractivity contribution in [3.8, 4) is 0 Å². The van der Waals surface area contributed by atoms with Gasteiger partial charge in [-0.15, -0.1) is 0 Å². The fourth-order valence-electron chi connectivity index (χ4n) is 3.19. The minimum atomic E-state index is -4.34. The minimum absolute atomic E-state index is 0.0374. The molecule has 0 aromatic carbocycles. The predicted molar refractivity (Wildman–Crippen MR) is 65.3 cm³/mol. The molecule has 1 heterocycles. The van der Waals surface area contributed by atoms with E-state index in [1.165, 1.54) is 0 Å². The summed E-state index contributed by atoms with van der Waals surface area (Å²) in [5, 5.41) is 0. The fraction of sp³-hybridized carbons (Fsp3) is 0.923. The van der Waals surface area contributed by atoms with Crippen molar-refractivity contribution in [3.05, 3.63) is 0 Å². The molecule has 2 rings (SSSR count). The lowest BCUT2D eigenvalue weighted by Gasteiger charge is -2.39. The number of alkyl halides is 3. The highest BCUT2D eigenvalue weighted by molar-refractivity contribution is 5.77. The number of nitrogens with zero attached hydrogens (tertiary/aromatic N) is 1. The summed E-state index contributed by atoms with van der Waals surface area (Å²) < 4.78 is 38.9. The molecule has 2 aliphatic rings. The Bertz CT molecular complexity index is 326. The number of hydrogen-bond acceptors (Lipinski definition) is 2. The Morgan fingerprint density at radius 3 is 2.37 bits per heavy atom. The first-order valence-electron chi connectivity index (χ1n) is 6.99. The van der Waals surface area contributed by atoms with Crippen molar-refractivity contribution >= 4 is 5.91 Å². The zero-order valence-electron chi connectivity index (χ0n) is 11.0. The van der Waals surface area contributed by atoms with E-state index in [0.717, 1.165) is 30.6 Å². The molecule has 2 N–H and O–H groups in total. The quantitative estimate of drug-likeness (QED) is 0.843. The lowest BCUT2D eigenvalue weighted by molar-refractivity contribution is -0.197. The largest absolute Gasteiger partial charge is 0.408 e. The van der Waals surface area contributed by atoms with Crippen molar-refractivity contribution in [2.45, 2.75) is 63.2 Å². The van der Waals surface area contributed by atoms with Gasteiger partial charge in [0.05, 0.1) is 0 Å². The number of hydrogen-bond donors (Lipinski definition) is 1. The zero-order valence-corrected chi connectivity index (χ0v) is 11.0. The number of piperidine rings is 1. The molecule has 2 unspecified atom stereocenters. The molecule has 2 atom stereocenters. The van der Waals surface area contributed by atoms with Crippen molar-refractivity contribution < 1.29 is 18.0 Å². The molecule has 0 aromatic heterocycles. The molecule has 110 valence electrons. The maximum Gasteiger partial charge on any atom is 0.408 e. The third-order valence-corrected chi connectivity index (χ3v) is 4.25. The number of halogens is 3. The summed E-state index contributed by atoms with van der Waals surface area (Å²) in [4.78, 5) is 13.1. The Balaban J connectivity index is 2.01. The van der Waals surface area contributed by atoms with Gasteiger partial charge in [-0.05, 0) is 31.6 Å². The summed E-state index contributed by atoms with van der Waals surface area (Å²) in [6, 6.07) is -1.97. The van der Waals surface area contributed by atoms with E-state index < -0.39 is 12.2 Å². The average Bonchev–Trinajstić information content (AvgIpc) is 2.80. The number of amides is 1. The van der Waals surface area contributed by atoms with Gasteiger partial charge in [-0.1, -0.05) is 12.8 Å². The van der Waals surface area contributed by atoms with Gasteiger partial charge in [0.2, 0.25) is 5.91 Å². The molecular weight excluding hydrogens is 257 g/mol. The highest BCUT2D eigenvalue weighted by Gasteiger charge is 2.47. The summed E-state index contributed by atoms with van der Waals surface area (Å²) in [5.41, 5.74) is 5.72. The van der Waals surface area contributed by atoms with Gasteiger partial charge in [-0.3, -0.25) is 4.79 Å². The van der Waals surface area contributed by atoms with Gasteiger partial charge >= 0.3 is 6.18 Å². The molecule has 6 heteroatoms. The van der Waals surface area contributed by atoms with Crippen molar-refractivity contribution in [2.75, 3.05) is 6.54 Å². The summed E-state index contributed by atoms with van der Waals surface area (Å²) in [7, 11) is 0. The standard InChI is InChI=1S/C13H21F3N2O/c14-13(15,16)11-6-5-10(17)8-18(11)12(19)7-9-3-1-2-4-9/h9-11H,1-8,17H2. The van der Waals surface area contributed by atoms with Crippen molar-refractivity contribution in [1.29, 1.82) is 0 Å². The highest BCUT2D eigenvalue weighted by atomic mass is 19.4. The molecule has 0 spiro atoms. The van der Waals surface area contributed by atoms with E-state index >= 15 is 0 Å². The highest BCUT2D eigenvalue weighted by Crippen LogP contribution is 2.34. The second kappa shape index (κ2) is 5.69. The van der Waals surface area contributed by atoms with E-state index in [-0.39, 0.29) is 37.3 Å². The van der Waals surface area contributed by atoms with Crippen LogP contribution in [0.3, 0.4) is 0 Å². The Morgan fingerprint density at radius 2 is 1.79 bits per heavy atom. The van der Waals surface area contributed by atoms with Gasteiger partial charge in [-0.25, -0.2) is 0 Å². The van der Waals surface area contributed by atoms with Crippen LogP contribution in [-0.2, 0) is 4.79 Å². The molecule has 1 aliphatic carbocycles. The zero-order chi connectivity index (χ0) is 14.0. The molecule has 0 bridgehead atoms. The van der Waals surface area contributed by atoms with Crippen molar-refractivity contribution in [1.82, 2.24) is 4.90 Å². The molecule has 1 amide bonds. The van der Waals surface area contributed by atoms with Gasteiger partial charge in [-0.2, -0.15) is 13.2 Å². The average molecular weight is 278 g/mol. The molecule has 1 saturated carbocycles. The lowest BCUT2D eigenvalue weighted by Crippen LogP contribution is -2.56. The van der Waals surface area contributed by atoms with Crippen LogP contribution in [0, 0.1) is 5.92 Å². The first-order chi connectivity index (χ1) is 8.88. The second-order valence-corrected chi connectivity index (χ2v) is 5.80. The van der Waals surface area contributed by atoms with Gasteiger partial charge in [0.15, 0.2) is 0 Å². The summed E-state index contributed by atoms with van der Waals surface area (Å²) in [6.45, 7) is 0.0374. The smallest absolute Gasteiger partial charge is 0.329 e. The third kappa shape index (κ3) is 3.61. The maximum absolute atomic E-state index is 13.0. The first-order valence-corrected chi connectivity index (χ1v) is 6.99. The van der Waals surface area contributed by atoms with Gasteiger partial charge in [0.1, 0.15) is 6.04 Å². The van der Waals surface area contributed by atoms with E-state index in [2.05, 4.69) is 0 Å².